The second-order valence-electron chi connectivity index (χ2n) is 13.8. The normalized spacial score (nSPS) is 12.4. The fourth-order valence-electron chi connectivity index (χ4n) is 6.58. The molecule has 0 saturated heterocycles. The topological polar surface area (TPSA) is 355 Å². The Labute approximate surface area is 382 Å². The van der Waals surface area contributed by atoms with E-state index in [4.69, 9.17) is 11.6 Å². The highest BCUT2D eigenvalue weighted by atomic mass is 35.5. The Hall–Kier alpha value is -7.14. The lowest BCUT2D eigenvalue weighted by Crippen LogP contribution is -2.15. The van der Waals surface area contributed by atoms with Crippen LogP contribution in [0.2, 0.25) is 5.02 Å². The van der Waals surface area contributed by atoms with Gasteiger partial charge in [-0.3, -0.25) is 27.8 Å². The number of amides is 2. The van der Waals surface area contributed by atoms with E-state index in [1.165, 1.54) is 36.4 Å². The first-order valence-electron chi connectivity index (χ1n) is 18.2. The molecule has 2 amide bonds. The van der Waals surface area contributed by atoms with Crippen LogP contribution in [0.25, 0.3) is 26.9 Å². The van der Waals surface area contributed by atoms with Gasteiger partial charge in [-0.1, -0.05) is 47.6 Å². The van der Waals surface area contributed by atoms with E-state index in [9.17, 15) is 76.1 Å². The lowest BCUT2D eigenvalue weighted by Gasteiger charge is -2.28. The number of hydrogen-bond acceptors (Lipinski definition) is 14. The third-order valence-corrected chi connectivity index (χ3v) is 13.4. The van der Waals surface area contributed by atoms with Crippen LogP contribution in [0.15, 0.2) is 139 Å². The number of para-hydroxylation sites is 1. The van der Waals surface area contributed by atoms with E-state index in [0.29, 0.717) is 12.1 Å². The lowest BCUT2D eigenvalue weighted by molar-refractivity contribution is 0.101. The maximum Gasteiger partial charge on any atom is 0.296 e. The molecular weight excluding hydrogens is 989 g/mol. The lowest BCUT2D eigenvalue weighted by atomic mass is 10.0. The van der Waals surface area contributed by atoms with Gasteiger partial charge in [0.1, 0.15) is 31.8 Å². The van der Waals surface area contributed by atoms with Crippen LogP contribution in [-0.2, 0) is 40.5 Å². The first kappa shape index (κ1) is 47.8. The number of benzene rings is 7. The Morgan fingerprint density at radius 2 is 1.00 bits per heavy atom. The fraction of sp³-hybridized carbons (Fsp3) is 0. The predicted octanol–water partition coefficient (Wildman–Crippen LogP) is 8.44. The molecule has 346 valence electrons. The van der Waals surface area contributed by atoms with Gasteiger partial charge in [0, 0.05) is 32.3 Å². The molecule has 67 heavy (non-hydrogen) atoms. The third kappa shape index (κ3) is 9.73. The minimum Gasteiger partial charge on any atom is -0.653 e. The zero-order valence-electron chi connectivity index (χ0n) is 32.9. The molecule has 27 heteroatoms. The van der Waals surface area contributed by atoms with Crippen molar-refractivity contribution in [3.8, 4) is 11.5 Å². The maximum atomic E-state index is 14.3. The summed E-state index contributed by atoms with van der Waals surface area (Å²) in [5, 5.41) is 36.2. The Kier molecular flexibility index (Phi) is 12.5. The van der Waals surface area contributed by atoms with Gasteiger partial charge in [0.05, 0.1) is 21.7 Å². The fourth-order valence-corrected chi connectivity index (χ4v) is 9.42. The number of phenols is 2. The van der Waals surface area contributed by atoms with Crippen molar-refractivity contribution in [2.75, 3.05) is 10.6 Å². The van der Waals surface area contributed by atoms with Crippen molar-refractivity contribution in [3.63, 3.8) is 0 Å². The van der Waals surface area contributed by atoms with Gasteiger partial charge in [-0.15, -0.1) is 15.9 Å². The van der Waals surface area contributed by atoms with Crippen LogP contribution in [-0.4, -0.2) is 73.9 Å². The minimum absolute atomic E-state index is 0.0359. The Bertz CT molecular complexity index is 3770. The molecule has 0 aromatic heterocycles. The zero-order chi connectivity index (χ0) is 49.0. The minimum atomic E-state index is -5.37. The van der Waals surface area contributed by atoms with E-state index in [2.05, 4.69) is 26.2 Å². The van der Waals surface area contributed by atoms with Gasteiger partial charge >= 0.3 is 0 Å². The van der Waals surface area contributed by atoms with Crippen LogP contribution in [0.1, 0.15) is 20.7 Å². The number of carbonyl (C=O) groups excluding carboxylic acids is 2. The zero-order valence-corrected chi connectivity index (χ0v) is 36.9. The summed E-state index contributed by atoms with van der Waals surface area (Å²) in [4.78, 5) is 23.0. The van der Waals surface area contributed by atoms with Crippen molar-refractivity contribution >= 4 is 120 Å². The summed E-state index contributed by atoms with van der Waals surface area (Å²) in [5.41, 5.74) is -3.67. The average Bonchev–Trinajstić information content (AvgIpc) is 3.23. The van der Waals surface area contributed by atoms with Gasteiger partial charge in [-0.25, -0.2) is 4.39 Å². The van der Waals surface area contributed by atoms with Crippen LogP contribution in [0.3, 0.4) is 0 Å². The van der Waals surface area contributed by atoms with Crippen molar-refractivity contribution in [1.82, 2.24) is 0 Å². The monoisotopic (exact) mass is 1010 g/mol. The molecule has 21 nitrogen and oxygen atoms in total. The molecule has 0 aliphatic carbocycles. The molecule has 0 saturated carbocycles. The van der Waals surface area contributed by atoms with Crippen LogP contribution < -0.4 is 10.6 Å². The molecule has 0 spiro atoms. The van der Waals surface area contributed by atoms with Crippen LogP contribution in [0.4, 0.5) is 38.5 Å². The van der Waals surface area contributed by atoms with E-state index < -0.39 is 133 Å². The van der Waals surface area contributed by atoms with Crippen molar-refractivity contribution in [3.05, 3.63) is 136 Å². The summed E-state index contributed by atoms with van der Waals surface area (Å²) in [7, 11) is -21.0. The SMILES string of the molecule is O=C(Nc1ccc(S(=O)(=O)O)c2cc(S(=O)(=O)O)c(N=Nc3ccccc3F)c(O)c12)c1ccc(C(=O)Nc2ccc(S(=O)(=O)O)c3cc(S(=O)(=O)O)c([N-]c4ccccc4Cl)c(O)c23)cc1. The summed E-state index contributed by atoms with van der Waals surface area (Å²) in [6.07, 6.45) is 0. The number of halogens is 2. The van der Waals surface area contributed by atoms with Crippen LogP contribution in [0.5, 0.6) is 11.5 Å². The highest BCUT2D eigenvalue weighted by Gasteiger charge is 2.29. The molecule has 0 atom stereocenters. The van der Waals surface area contributed by atoms with Crippen LogP contribution >= 0.6 is 11.6 Å². The van der Waals surface area contributed by atoms with Crippen molar-refractivity contribution in [2.24, 2.45) is 10.2 Å². The number of aromatic hydroxyl groups is 2. The Balaban J connectivity index is 1.26. The van der Waals surface area contributed by atoms with E-state index in [0.717, 1.165) is 60.7 Å². The number of carbonyl (C=O) groups is 2. The Morgan fingerprint density at radius 3 is 1.48 bits per heavy atom. The largest absolute Gasteiger partial charge is 0.653 e. The number of nitrogens with zero attached hydrogens (tertiary/aromatic N) is 3. The molecule has 0 heterocycles. The van der Waals surface area contributed by atoms with Gasteiger partial charge in [0.25, 0.3) is 52.3 Å². The molecule has 0 bridgehead atoms. The average molecular weight is 1020 g/mol. The van der Waals surface area contributed by atoms with Gasteiger partial charge in [0.15, 0.2) is 11.6 Å². The number of hydrogen-bond donors (Lipinski definition) is 8. The molecular formula is C40H26ClFN5O16S4-. The molecule has 0 fully saturated rings. The highest BCUT2D eigenvalue weighted by molar-refractivity contribution is 7.87. The van der Waals surface area contributed by atoms with E-state index in [1.54, 1.807) is 0 Å². The molecule has 7 aromatic rings. The quantitative estimate of drug-likeness (QED) is 0.0420. The molecule has 7 rings (SSSR count). The van der Waals surface area contributed by atoms with Crippen molar-refractivity contribution in [1.29, 1.82) is 0 Å². The molecule has 7 aromatic carbocycles. The van der Waals surface area contributed by atoms with Crippen molar-refractivity contribution in [2.45, 2.75) is 19.6 Å². The molecule has 0 aliphatic rings. The number of anilines is 2. The third-order valence-electron chi connectivity index (χ3n) is 9.56. The predicted molar refractivity (Wildman–Crippen MR) is 238 cm³/mol. The van der Waals surface area contributed by atoms with Gasteiger partial charge in [0.2, 0.25) is 0 Å². The van der Waals surface area contributed by atoms with Crippen LogP contribution in [0, 0.1) is 5.82 Å². The molecule has 8 N–H and O–H groups in total. The number of nitrogens with one attached hydrogen (secondary N) is 2. The first-order valence-corrected chi connectivity index (χ1v) is 24.3. The van der Waals surface area contributed by atoms with Crippen molar-refractivity contribution < 1.29 is 76.1 Å². The summed E-state index contributed by atoms with van der Waals surface area (Å²) in [6.45, 7) is 0. The number of rotatable bonds is 12. The summed E-state index contributed by atoms with van der Waals surface area (Å²) < 4.78 is 154. The smallest absolute Gasteiger partial charge is 0.296 e. The number of fused-ring (bicyclic) bond motifs is 2. The van der Waals surface area contributed by atoms with Gasteiger partial charge in [-0.2, -0.15) is 33.7 Å². The summed E-state index contributed by atoms with van der Waals surface area (Å²) in [6, 6.07) is 19.2. The molecule has 0 unspecified atom stereocenters. The summed E-state index contributed by atoms with van der Waals surface area (Å²) >= 11 is 6.18. The van der Waals surface area contributed by atoms with E-state index in [1.807, 2.05) is 0 Å². The second-order valence-corrected chi connectivity index (χ2v) is 19.8. The first-order chi connectivity index (χ1) is 31.3. The van der Waals surface area contributed by atoms with E-state index in [-0.39, 0.29) is 27.5 Å². The molecule has 0 aliphatic heterocycles. The summed E-state index contributed by atoms with van der Waals surface area (Å²) in [5.74, 6) is -5.23. The molecule has 0 radical (unpaired) electrons. The standard InChI is InChI=1S/C40H27ClFN5O16S4/c41-23-5-1-3-7-25(23)43-35-31(66(58,59)60)17-21-29(64(52,53)54)15-13-27(33(21)37(35)48)44-39(50)19-9-11-20(12-10-19)40(51)45-28-14-16-30(65(55,56)57)22-18-32(67(61,62)63)36(38(49)34(22)28)47-46-26-8-4-2-6-24(26)42/h1-18H,(H9,43,44,45,46,47,48,49,50,51,52,53,54,55,56,57,58,59,60,61,62,63)/p-1. The Morgan fingerprint density at radius 1 is 0.552 bits per heavy atom. The van der Waals surface area contributed by atoms with E-state index >= 15 is 0 Å². The van der Waals surface area contributed by atoms with Gasteiger partial charge < -0.3 is 26.2 Å². The van der Waals surface area contributed by atoms with Gasteiger partial charge in [-0.05, 0) is 78.9 Å². The second kappa shape index (κ2) is 17.6. The number of phenolic OH excluding ortho intramolecular Hbond substituents is 2. The highest BCUT2D eigenvalue weighted by Crippen LogP contribution is 2.51. The number of azo groups is 1. The maximum absolute atomic E-state index is 14.3.